The van der Waals surface area contributed by atoms with Crippen LogP contribution >= 0.6 is 11.3 Å². The van der Waals surface area contributed by atoms with Gasteiger partial charge in [0, 0.05) is 31.2 Å². The van der Waals surface area contributed by atoms with E-state index in [0.717, 1.165) is 45.7 Å². The van der Waals surface area contributed by atoms with Crippen molar-refractivity contribution in [1.82, 2.24) is 20.1 Å². The molecule has 0 spiro atoms. The largest absolute Gasteiger partial charge is 0.481 e. The molecule has 0 aliphatic heterocycles. The van der Waals surface area contributed by atoms with Gasteiger partial charge in [-0.2, -0.15) is 5.10 Å². The lowest BCUT2D eigenvalue weighted by Crippen LogP contribution is -2.13. The van der Waals surface area contributed by atoms with Gasteiger partial charge < -0.3 is 14.5 Å². The zero-order chi connectivity index (χ0) is 16.2. The van der Waals surface area contributed by atoms with Gasteiger partial charge in [0.2, 0.25) is 5.88 Å². The van der Waals surface area contributed by atoms with Gasteiger partial charge in [-0.15, -0.1) is 11.3 Å². The molecule has 0 aliphatic carbocycles. The second kappa shape index (κ2) is 6.97. The molecule has 3 aromatic rings. The van der Waals surface area contributed by atoms with Crippen molar-refractivity contribution in [1.29, 1.82) is 0 Å². The van der Waals surface area contributed by atoms with Gasteiger partial charge in [0.25, 0.3) is 0 Å². The predicted molar refractivity (Wildman–Crippen MR) is 89.5 cm³/mol. The van der Waals surface area contributed by atoms with Crippen LogP contribution in [0.25, 0.3) is 10.8 Å². The lowest BCUT2D eigenvalue weighted by molar-refractivity contribution is 0.368. The van der Waals surface area contributed by atoms with Crippen LogP contribution in [0.2, 0.25) is 0 Å². The summed E-state index contributed by atoms with van der Waals surface area (Å²) in [6.45, 7) is 3.57. The molecule has 0 unspecified atom stereocenters. The molecule has 6 nitrogen and oxygen atoms in total. The van der Waals surface area contributed by atoms with Crippen LogP contribution in [-0.2, 0) is 26.6 Å². The Kier molecular flexibility index (Phi) is 4.78. The molecule has 0 bridgehead atoms. The van der Waals surface area contributed by atoms with E-state index in [4.69, 9.17) is 9.15 Å². The number of nitrogens with one attached hydrogen (secondary N) is 1. The number of ether oxygens (including phenoxy) is 1. The van der Waals surface area contributed by atoms with E-state index in [-0.39, 0.29) is 0 Å². The third kappa shape index (κ3) is 3.30. The lowest BCUT2D eigenvalue weighted by atomic mass is 10.2. The van der Waals surface area contributed by atoms with E-state index in [2.05, 4.69) is 22.3 Å². The Labute approximate surface area is 139 Å². The highest BCUT2D eigenvalue weighted by Crippen LogP contribution is 2.26. The molecule has 7 heteroatoms. The van der Waals surface area contributed by atoms with E-state index < -0.39 is 0 Å². The molecule has 0 aliphatic rings. The van der Waals surface area contributed by atoms with Crippen LogP contribution in [0.3, 0.4) is 0 Å². The molecule has 0 aromatic carbocycles. The number of hydrogen-bond donors (Lipinski definition) is 1. The zero-order valence-corrected chi connectivity index (χ0v) is 14.3. The second-order valence-corrected chi connectivity index (χ2v) is 6.24. The molecule has 3 rings (SSSR count). The fraction of sp³-hybridized carbons (Fsp3) is 0.375. The quantitative estimate of drug-likeness (QED) is 0.720. The maximum Gasteiger partial charge on any atom is 0.216 e. The monoisotopic (exact) mass is 332 g/mol. The normalized spacial score (nSPS) is 11.1. The van der Waals surface area contributed by atoms with Crippen molar-refractivity contribution >= 4 is 11.3 Å². The van der Waals surface area contributed by atoms with E-state index in [1.165, 1.54) is 0 Å². The van der Waals surface area contributed by atoms with Crippen molar-refractivity contribution in [3.05, 3.63) is 40.7 Å². The Bertz CT molecular complexity index is 761. The minimum Gasteiger partial charge on any atom is -0.481 e. The summed E-state index contributed by atoms with van der Waals surface area (Å²) in [5, 5.41) is 8.84. The van der Waals surface area contributed by atoms with Crippen LogP contribution in [0.4, 0.5) is 0 Å². The number of aryl methyl sites for hydroxylation is 2. The Balaban J connectivity index is 1.64. The van der Waals surface area contributed by atoms with Crippen molar-refractivity contribution in [3.63, 3.8) is 0 Å². The van der Waals surface area contributed by atoms with E-state index in [0.29, 0.717) is 6.54 Å². The average Bonchev–Trinajstić information content (AvgIpc) is 3.26. The summed E-state index contributed by atoms with van der Waals surface area (Å²) in [6, 6.07) is 3.79. The summed E-state index contributed by atoms with van der Waals surface area (Å²) in [5.41, 5.74) is 2.19. The lowest BCUT2D eigenvalue weighted by Gasteiger charge is -2.06. The van der Waals surface area contributed by atoms with E-state index in [1.807, 2.05) is 25.4 Å². The van der Waals surface area contributed by atoms with Gasteiger partial charge in [-0.05, 0) is 18.6 Å². The van der Waals surface area contributed by atoms with Gasteiger partial charge in [0.15, 0.2) is 10.8 Å². The van der Waals surface area contributed by atoms with E-state index >= 15 is 0 Å². The molecule has 0 saturated heterocycles. The van der Waals surface area contributed by atoms with E-state index in [1.54, 1.807) is 29.4 Å². The van der Waals surface area contributed by atoms with Crippen LogP contribution in [0.15, 0.2) is 29.0 Å². The highest BCUT2D eigenvalue weighted by Gasteiger charge is 2.15. The number of nitrogens with zero attached hydrogens (tertiary/aromatic N) is 3. The molecule has 0 atom stereocenters. The summed E-state index contributed by atoms with van der Waals surface area (Å²) in [7, 11) is 3.58. The molecule has 0 saturated carbocycles. The fourth-order valence-corrected chi connectivity index (χ4v) is 3.39. The molecular formula is C16H20N4O2S. The minimum atomic E-state index is 0.716. The fourth-order valence-electron chi connectivity index (χ4n) is 2.54. The van der Waals surface area contributed by atoms with Gasteiger partial charge >= 0.3 is 0 Å². The summed E-state index contributed by atoms with van der Waals surface area (Å²) in [4.78, 5) is 5.56. The summed E-state index contributed by atoms with van der Waals surface area (Å²) >= 11 is 1.63. The maximum absolute atomic E-state index is 5.45. The number of methoxy groups -OCH3 is 1. The summed E-state index contributed by atoms with van der Waals surface area (Å²) < 4.78 is 12.6. The Hall–Kier alpha value is -2.12. The minimum absolute atomic E-state index is 0.716. The first-order valence-corrected chi connectivity index (χ1v) is 8.32. The van der Waals surface area contributed by atoms with Gasteiger partial charge in [0.05, 0.1) is 24.6 Å². The second-order valence-electron chi connectivity index (χ2n) is 5.12. The molecule has 0 radical (unpaired) electrons. The van der Waals surface area contributed by atoms with Gasteiger partial charge in [0.1, 0.15) is 0 Å². The van der Waals surface area contributed by atoms with Gasteiger partial charge in [-0.1, -0.05) is 6.92 Å². The van der Waals surface area contributed by atoms with Gasteiger partial charge in [-0.25, -0.2) is 9.67 Å². The molecule has 0 fully saturated rings. The Morgan fingerprint density at radius 1 is 1.39 bits per heavy atom. The first kappa shape index (κ1) is 15.8. The molecule has 23 heavy (non-hydrogen) atoms. The topological polar surface area (TPSA) is 65.1 Å². The van der Waals surface area contributed by atoms with Crippen molar-refractivity contribution in [3.8, 4) is 16.6 Å². The standard InChI is InChI=1S/C16H20N4O2S/c1-4-13-12(16(21-3)20(2)19-13)10-17-8-11-9-18-15(23-11)14-6-5-7-22-14/h5-7,9,17H,4,8,10H2,1-3H3. The molecule has 3 heterocycles. The smallest absolute Gasteiger partial charge is 0.216 e. The van der Waals surface area contributed by atoms with Crippen molar-refractivity contribution in [2.45, 2.75) is 26.4 Å². The molecule has 0 amide bonds. The first-order chi connectivity index (χ1) is 11.2. The van der Waals surface area contributed by atoms with Crippen LogP contribution in [-0.4, -0.2) is 21.9 Å². The van der Waals surface area contributed by atoms with Crippen LogP contribution < -0.4 is 10.1 Å². The van der Waals surface area contributed by atoms with Crippen molar-refractivity contribution in [2.75, 3.05) is 7.11 Å². The van der Waals surface area contributed by atoms with Crippen molar-refractivity contribution < 1.29 is 9.15 Å². The number of thiazole rings is 1. The predicted octanol–water partition coefficient (Wildman–Crippen LogP) is 3.00. The van der Waals surface area contributed by atoms with Crippen LogP contribution in [0.5, 0.6) is 5.88 Å². The third-order valence-corrected chi connectivity index (χ3v) is 4.60. The zero-order valence-electron chi connectivity index (χ0n) is 13.5. The molecular weight excluding hydrogens is 312 g/mol. The number of hydrogen-bond acceptors (Lipinski definition) is 6. The SMILES string of the molecule is CCc1nn(C)c(OC)c1CNCc1cnc(-c2ccco2)s1. The third-order valence-electron chi connectivity index (χ3n) is 3.59. The molecule has 3 aromatic heterocycles. The number of aromatic nitrogens is 3. The van der Waals surface area contributed by atoms with Crippen molar-refractivity contribution in [2.24, 2.45) is 7.05 Å². The summed E-state index contributed by atoms with van der Waals surface area (Å²) in [5.74, 6) is 1.62. The maximum atomic E-state index is 5.45. The van der Waals surface area contributed by atoms with E-state index in [9.17, 15) is 0 Å². The highest BCUT2D eigenvalue weighted by molar-refractivity contribution is 7.14. The van der Waals surface area contributed by atoms with Crippen LogP contribution in [0.1, 0.15) is 23.1 Å². The Morgan fingerprint density at radius 3 is 2.96 bits per heavy atom. The average molecular weight is 332 g/mol. The summed E-state index contributed by atoms with van der Waals surface area (Å²) in [6.07, 6.45) is 4.43. The first-order valence-electron chi connectivity index (χ1n) is 7.51. The molecule has 1 N–H and O–H groups in total. The molecule has 122 valence electrons. The van der Waals surface area contributed by atoms with Gasteiger partial charge in [-0.3, -0.25) is 0 Å². The van der Waals surface area contributed by atoms with Crippen LogP contribution in [0, 0.1) is 0 Å². The number of furan rings is 1. The highest BCUT2D eigenvalue weighted by atomic mass is 32.1. The number of rotatable bonds is 7. The Morgan fingerprint density at radius 2 is 2.26 bits per heavy atom.